The summed E-state index contributed by atoms with van der Waals surface area (Å²) in [6.45, 7) is 3.78. The van der Waals surface area contributed by atoms with Gasteiger partial charge in [0.25, 0.3) is 5.91 Å². The lowest BCUT2D eigenvalue weighted by Gasteiger charge is -2.28. The summed E-state index contributed by atoms with van der Waals surface area (Å²) >= 11 is 0. The first-order valence-electron chi connectivity index (χ1n) is 6.87. The van der Waals surface area contributed by atoms with Crippen LogP contribution in [0.15, 0.2) is 36.5 Å². The Morgan fingerprint density at radius 3 is 2.80 bits per heavy atom. The number of nitrogens with one attached hydrogen (secondary N) is 1. The fraction of sp³-hybridized carbons (Fsp3) is 0.375. The van der Waals surface area contributed by atoms with Crippen LogP contribution in [-0.2, 0) is 0 Å². The third-order valence-corrected chi connectivity index (χ3v) is 3.45. The van der Waals surface area contributed by atoms with Gasteiger partial charge in [0, 0.05) is 11.6 Å². The lowest BCUT2D eigenvalue weighted by Crippen LogP contribution is -2.49. The van der Waals surface area contributed by atoms with Crippen LogP contribution in [0.25, 0.3) is 10.8 Å². The quantitative estimate of drug-likeness (QED) is 0.879. The molecule has 2 N–H and O–H groups in total. The molecule has 1 aromatic carbocycles. The van der Waals surface area contributed by atoms with Crippen LogP contribution in [0.5, 0.6) is 0 Å². The van der Waals surface area contributed by atoms with Gasteiger partial charge in [-0.15, -0.1) is 0 Å². The zero-order chi connectivity index (χ0) is 14.6. The molecule has 106 valence electrons. The molecule has 0 bridgehead atoms. The second-order valence-corrected chi connectivity index (χ2v) is 5.30. The summed E-state index contributed by atoms with van der Waals surface area (Å²) in [5.74, 6) is -0.244. The number of carbonyl (C=O) groups excluding carboxylic acids is 1. The van der Waals surface area contributed by atoms with Gasteiger partial charge in [-0.05, 0) is 24.8 Å². The number of hydrogen-bond acceptors (Lipinski definition) is 3. The van der Waals surface area contributed by atoms with Gasteiger partial charge < -0.3 is 10.4 Å². The highest BCUT2D eigenvalue weighted by molar-refractivity contribution is 6.05. The van der Waals surface area contributed by atoms with Crippen molar-refractivity contribution in [1.29, 1.82) is 0 Å². The molecule has 1 heterocycles. The van der Waals surface area contributed by atoms with Crippen molar-refractivity contribution in [2.24, 2.45) is 0 Å². The SMILES string of the molecule is CCCC(C)(CO)NC(=O)c1nccc2ccccc12. The van der Waals surface area contributed by atoms with Gasteiger partial charge >= 0.3 is 0 Å². The number of aliphatic hydroxyl groups excluding tert-OH is 1. The predicted octanol–water partition coefficient (Wildman–Crippen LogP) is 2.52. The summed E-state index contributed by atoms with van der Waals surface area (Å²) in [5.41, 5.74) is -0.205. The number of pyridine rings is 1. The van der Waals surface area contributed by atoms with Crippen LogP contribution in [0.2, 0.25) is 0 Å². The monoisotopic (exact) mass is 272 g/mol. The van der Waals surface area contributed by atoms with Gasteiger partial charge in [-0.2, -0.15) is 0 Å². The third-order valence-electron chi connectivity index (χ3n) is 3.45. The number of aromatic nitrogens is 1. The Labute approximate surface area is 118 Å². The molecular formula is C16H20N2O2. The largest absolute Gasteiger partial charge is 0.394 e. The van der Waals surface area contributed by atoms with Crippen LogP contribution in [0.1, 0.15) is 37.2 Å². The van der Waals surface area contributed by atoms with E-state index in [1.54, 1.807) is 6.20 Å². The maximum atomic E-state index is 12.4. The van der Waals surface area contributed by atoms with E-state index in [1.807, 2.05) is 44.2 Å². The number of benzene rings is 1. The van der Waals surface area contributed by atoms with Crippen molar-refractivity contribution < 1.29 is 9.90 Å². The smallest absolute Gasteiger partial charge is 0.271 e. The number of hydrogen-bond donors (Lipinski definition) is 2. The van der Waals surface area contributed by atoms with Crippen LogP contribution in [0.3, 0.4) is 0 Å². The van der Waals surface area contributed by atoms with E-state index in [0.717, 1.165) is 23.6 Å². The minimum absolute atomic E-state index is 0.0860. The molecule has 2 rings (SSSR count). The lowest BCUT2D eigenvalue weighted by atomic mass is 9.96. The number of fused-ring (bicyclic) bond motifs is 1. The van der Waals surface area contributed by atoms with E-state index in [2.05, 4.69) is 10.3 Å². The van der Waals surface area contributed by atoms with Crippen LogP contribution < -0.4 is 5.32 Å². The predicted molar refractivity (Wildman–Crippen MR) is 79.6 cm³/mol. The lowest BCUT2D eigenvalue weighted by molar-refractivity contribution is 0.0838. The van der Waals surface area contributed by atoms with Crippen molar-refractivity contribution in [1.82, 2.24) is 10.3 Å². The highest BCUT2D eigenvalue weighted by atomic mass is 16.3. The van der Waals surface area contributed by atoms with E-state index >= 15 is 0 Å². The molecule has 1 unspecified atom stereocenters. The Morgan fingerprint density at radius 2 is 2.10 bits per heavy atom. The molecule has 0 saturated heterocycles. The molecule has 1 aromatic heterocycles. The summed E-state index contributed by atoms with van der Waals surface area (Å²) in [4.78, 5) is 16.6. The molecule has 0 radical (unpaired) electrons. The van der Waals surface area contributed by atoms with Gasteiger partial charge in [0.15, 0.2) is 0 Å². The van der Waals surface area contributed by atoms with Crippen molar-refractivity contribution in [3.63, 3.8) is 0 Å². The van der Waals surface area contributed by atoms with Crippen molar-refractivity contribution in [2.75, 3.05) is 6.61 Å². The van der Waals surface area contributed by atoms with Crippen molar-refractivity contribution >= 4 is 16.7 Å². The van der Waals surface area contributed by atoms with E-state index in [4.69, 9.17) is 0 Å². The molecule has 0 aliphatic heterocycles. The van der Waals surface area contributed by atoms with E-state index in [9.17, 15) is 9.90 Å². The average Bonchev–Trinajstić information content (AvgIpc) is 2.46. The Bertz CT molecular complexity index is 607. The first kappa shape index (κ1) is 14.5. The molecule has 0 fully saturated rings. The first-order valence-corrected chi connectivity index (χ1v) is 6.87. The van der Waals surface area contributed by atoms with Gasteiger partial charge in [-0.25, -0.2) is 0 Å². The fourth-order valence-corrected chi connectivity index (χ4v) is 2.37. The number of nitrogens with zero attached hydrogens (tertiary/aromatic N) is 1. The number of rotatable bonds is 5. The fourth-order valence-electron chi connectivity index (χ4n) is 2.37. The molecule has 0 spiro atoms. The van der Waals surface area contributed by atoms with Crippen LogP contribution in [0.4, 0.5) is 0 Å². The molecule has 4 heteroatoms. The second-order valence-electron chi connectivity index (χ2n) is 5.30. The summed E-state index contributed by atoms with van der Waals surface area (Å²) in [7, 11) is 0. The van der Waals surface area contributed by atoms with E-state index in [1.165, 1.54) is 0 Å². The zero-order valence-electron chi connectivity index (χ0n) is 11.9. The standard InChI is InChI=1S/C16H20N2O2/c1-3-9-16(2,11-19)18-15(20)14-13-7-5-4-6-12(13)8-10-17-14/h4-8,10,19H,3,9,11H2,1-2H3,(H,18,20). The van der Waals surface area contributed by atoms with Gasteiger partial charge in [-0.3, -0.25) is 9.78 Å². The topological polar surface area (TPSA) is 62.2 Å². The molecule has 0 saturated carbocycles. The Hall–Kier alpha value is -1.94. The minimum Gasteiger partial charge on any atom is -0.394 e. The summed E-state index contributed by atoms with van der Waals surface area (Å²) in [6.07, 6.45) is 3.24. The van der Waals surface area contributed by atoms with Crippen molar-refractivity contribution in [3.8, 4) is 0 Å². The van der Waals surface area contributed by atoms with Gasteiger partial charge in [0.05, 0.1) is 12.1 Å². The number of amides is 1. The summed E-state index contributed by atoms with van der Waals surface area (Å²) < 4.78 is 0. The van der Waals surface area contributed by atoms with Gasteiger partial charge in [0.2, 0.25) is 0 Å². The Morgan fingerprint density at radius 1 is 1.35 bits per heavy atom. The Kier molecular flexibility index (Phi) is 4.35. The van der Waals surface area contributed by atoms with Gasteiger partial charge in [-0.1, -0.05) is 37.6 Å². The second kappa shape index (κ2) is 6.01. The number of carbonyl (C=O) groups is 1. The molecule has 0 aliphatic carbocycles. The maximum absolute atomic E-state index is 12.4. The molecule has 0 aliphatic rings. The van der Waals surface area contributed by atoms with Crippen molar-refractivity contribution in [2.45, 2.75) is 32.2 Å². The molecule has 20 heavy (non-hydrogen) atoms. The molecular weight excluding hydrogens is 252 g/mol. The van der Waals surface area contributed by atoms with E-state index in [0.29, 0.717) is 5.69 Å². The highest BCUT2D eigenvalue weighted by Crippen LogP contribution is 2.18. The van der Waals surface area contributed by atoms with Gasteiger partial charge in [0.1, 0.15) is 5.69 Å². The molecule has 1 atom stereocenters. The van der Waals surface area contributed by atoms with E-state index < -0.39 is 5.54 Å². The minimum atomic E-state index is -0.607. The average molecular weight is 272 g/mol. The number of aliphatic hydroxyl groups is 1. The highest BCUT2D eigenvalue weighted by Gasteiger charge is 2.26. The summed E-state index contributed by atoms with van der Waals surface area (Å²) in [6, 6.07) is 9.53. The van der Waals surface area contributed by atoms with Crippen LogP contribution in [-0.4, -0.2) is 28.1 Å². The molecule has 2 aromatic rings. The molecule has 4 nitrogen and oxygen atoms in total. The van der Waals surface area contributed by atoms with Crippen LogP contribution >= 0.6 is 0 Å². The summed E-state index contributed by atoms with van der Waals surface area (Å²) in [5, 5.41) is 14.2. The third kappa shape index (κ3) is 2.96. The maximum Gasteiger partial charge on any atom is 0.271 e. The van der Waals surface area contributed by atoms with E-state index in [-0.39, 0.29) is 12.5 Å². The Balaban J connectivity index is 2.32. The zero-order valence-corrected chi connectivity index (χ0v) is 11.9. The van der Waals surface area contributed by atoms with Crippen molar-refractivity contribution in [3.05, 3.63) is 42.2 Å². The van der Waals surface area contributed by atoms with Crippen LogP contribution in [0, 0.1) is 0 Å². The normalized spacial score (nSPS) is 13.9. The molecule has 1 amide bonds. The first-order chi connectivity index (χ1) is 9.59.